The average Bonchev–Trinajstić information content (AvgIpc) is 2.40. The minimum absolute atomic E-state index is 0.526. The lowest BCUT2D eigenvalue weighted by Crippen LogP contribution is -1.98. The fourth-order valence-electron chi connectivity index (χ4n) is 1.71. The van der Waals surface area contributed by atoms with Crippen LogP contribution < -0.4 is 4.74 Å². The van der Waals surface area contributed by atoms with Crippen LogP contribution in [0.1, 0.15) is 16.7 Å². The Labute approximate surface area is 120 Å². The van der Waals surface area contributed by atoms with Gasteiger partial charge in [-0.05, 0) is 57.7 Å². The number of nitrogens with zero attached hydrogens (tertiary/aromatic N) is 1. The summed E-state index contributed by atoms with van der Waals surface area (Å²) in [5.74, 6) is 0.762. The molecule has 4 heteroatoms. The Kier molecular flexibility index (Phi) is 4.58. The monoisotopic (exact) mass is 319 g/mol. The third-order valence-electron chi connectivity index (χ3n) is 2.81. The van der Waals surface area contributed by atoms with E-state index in [1.54, 1.807) is 0 Å². The van der Waals surface area contributed by atoms with Gasteiger partial charge in [0, 0.05) is 0 Å². The molecule has 0 atom stereocenters. The Bertz CT molecular complexity index is 596. The summed E-state index contributed by atoms with van der Waals surface area (Å²) in [7, 11) is 0. The van der Waals surface area contributed by atoms with Gasteiger partial charge in [0.2, 0.25) is 0 Å². The highest BCUT2D eigenvalue weighted by Gasteiger charge is 2.03. The number of oxime groups is 1. The first-order chi connectivity index (χ1) is 9.20. The van der Waals surface area contributed by atoms with Crippen molar-refractivity contribution in [3.8, 4) is 5.75 Å². The standard InChI is InChI=1S/C15H14BrNO2/c1-11-4-2-3-5-13(11)10-19-15-7-6-12(9-17-18)8-14(15)16/h2-9,18H,10H2,1H3. The molecule has 19 heavy (non-hydrogen) atoms. The lowest BCUT2D eigenvalue weighted by molar-refractivity contribution is 0.303. The van der Waals surface area contributed by atoms with Crippen molar-refractivity contribution in [1.29, 1.82) is 0 Å². The maximum absolute atomic E-state index is 8.49. The number of rotatable bonds is 4. The molecule has 0 aliphatic rings. The van der Waals surface area contributed by atoms with Gasteiger partial charge in [0.25, 0.3) is 0 Å². The van der Waals surface area contributed by atoms with Crippen molar-refractivity contribution in [1.82, 2.24) is 0 Å². The van der Waals surface area contributed by atoms with Gasteiger partial charge in [0.1, 0.15) is 12.4 Å². The van der Waals surface area contributed by atoms with Crippen molar-refractivity contribution in [2.45, 2.75) is 13.5 Å². The molecular weight excluding hydrogens is 306 g/mol. The van der Waals surface area contributed by atoms with Crippen molar-refractivity contribution in [2.24, 2.45) is 5.16 Å². The summed E-state index contributed by atoms with van der Waals surface area (Å²) in [6.07, 6.45) is 1.37. The van der Waals surface area contributed by atoms with E-state index in [4.69, 9.17) is 9.94 Å². The molecule has 0 unspecified atom stereocenters. The first-order valence-electron chi connectivity index (χ1n) is 5.85. The van der Waals surface area contributed by atoms with Gasteiger partial charge in [-0.15, -0.1) is 0 Å². The van der Waals surface area contributed by atoms with E-state index in [0.29, 0.717) is 6.61 Å². The second kappa shape index (κ2) is 6.38. The van der Waals surface area contributed by atoms with Crippen LogP contribution in [0.25, 0.3) is 0 Å². The van der Waals surface area contributed by atoms with E-state index < -0.39 is 0 Å². The van der Waals surface area contributed by atoms with E-state index in [1.807, 2.05) is 30.3 Å². The number of hydrogen-bond acceptors (Lipinski definition) is 3. The summed E-state index contributed by atoms with van der Waals surface area (Å²) in [4.78, 5) is 0. The van der Waals surface area contributed by atoms with E-state index in [9.17, 15) is 0 Å². The lowest BCUT2D eigenvalue weighted by atomic mass is 10.1. The second-order valence-electron chi connectivity index (χ2n) is 4.15. The maximum atomic E-state index is 8.49. The molecule has 2 aromatic carbocycles. The molecule has 0 saturated heterocycles. The van der Waals surface area contributed by atoms with Gasteiger partial charge in [0.05, 0.1) is 10.7 Å². The summed E-state index contributed by atoms with van der Waals surface area (Å²) in [6.45, 7) is 2.59. The van der Waals surface area contributed by atoms with Crippen molar-refractivity contribution in [2.75, 3.05) is 0 Å². The molecule has 0 aliphatic carbocycles. The normalized spacial score (nSPS) is 10.8. The smallest absolute Gasteiger partial charge is 0.134 e. The molecule has 0 spiro atoms. The van der Waals surface area contributed by atoms with Gasteiger partial charge in [0.15, 0.2) is 0 Å². The Morgan fingerprint density at radius 3 is 2.74 bits per heavy atom. The Balaban J connectivity index is 2.10. The number of ether oxygens (including phenoxy) is 1. The van der Waals surface area contributed by atoms with Crippen molar-refractivity contribution in [3.63, 3.8) is 0 Å². The van der Waals surface area contributed by atoms with Crippen LogP contribution in [-0.4, -0.2) is 11.4 Å². The van der Waals surface area contributed by atoms with Gasteiger partial charge in [-0.1, -0.05) is 29.4 Å². The highest BCUT2D eigenvalue weighted by molar-refractivity contribution is 9.10. The third kappa shape index (κ3) is 3.58. The van der Waals surface area contributed by atoms with E-state index >= 15 is 0 Å². The van der Waals surface area contributed by atoms with E-state index in [-0.39, 0.29) is 0 Å². The predicted molar refractivity (Wildman–Crippen MR) is 79.0 cm³/mol. The third-order valence-corrected chi connectivity index (χ3v) is 3.43. The summed E-state index contributed by atoms with van der Waals surface area (Å²) < 4.78 is 6.61. The molecule has 1 N–H and O–H groups in total. The highest BCUT2D eigenvalue weighted by Crippen LogP contribution is 2.26. The molecule has 0 aromatic heterocycles. The molecule has 3 nitrogen and oxygen atoms in total. The zero-order chi connectivity index (χ0) is 13.7. The molecule has 98 valence electrons. The number of benzene rings is 2. The van der Waals surface area contributed by atoms with Crippen LogP contribution in [0.15, 0.2) is 52.1 Å². The van der Waals surface area contributed by atoms with Gasteiger partial charge < -0.3 is 9.94 Å². The first-order valence-corrected chi connectivity index (χ1v) is 6.64. The average molecular weight is 320 g/mol. The Morgan fingerprint density at radius 1 is 1.26 bits per heavy atom. The van der Waals surface area contributed by atoms with Crippen LogP contribution in [0.4, 0.5) is 0 Å². The summed E-state index contributed by atoms with van der Waals surface area (Å²) in [5.41, 5.74) is 3.18. The lowest BCUT2D eigenvalue weighted by Gasteiger charge is -2.10. The van der Waals surface area contributed by atoms with Gasteiger partial charge in [-0.2, -0.15) is 0 Å². The maximum Gasteiger partial charge on any atom is 0.134 e. The number of halogens is 1. The van der Waals surface area contributed by atoms with Crippen molar-refractivity contribution >= 4 is 22.1 Å². The van der Waals surface area contributed by atoms with E-state index in [0.717, 1.165) is 21.3 Å². The second-order valence-corrected chi connectivity index (χ2v) is 5.00. The van der Waals surface area contributed by atoms with Gasteiger partial charge in [-0.3, -0.25) is 0 Å². The van der Waals surface area contributed by atoms with Crippen LogP contribution in [-0.2, 0) is 6.61 Å². The topological polar surface area (TPSA) is 41.8 Å². The summed E-state index contributed by atoms with van der Waals surface area (Å²) >= 11 is 3.44. The SMILES string of the molecule is Cc1ccccc1COc1ccc(C=NO)cc1Br. The van der Waals surface area contributed by atoms with Crippen LogP contribution in [0.5, 0.6) is 5.75 Å². The quantitative estimate of drug-likeness (QED) is 0.522. The zero-order valence-electron chi connectivity index (χ0n) is 10.5. The minimum atomic E-state index is 0.526. The zero-order valence-corrected chi connectivity index (χ0v) is 12.1. The fraction of sp³-hybridized carbons (Fsp3) is 0.133. The molecule has 0 bridgehead atoms. The Hall–Kier alpha value is -1.81. The van der Waals surface area contributed by atoms with E-state index in [2.05, 4.69) is 40.1 Å². The van der Waals surface area contributed by atoms with Crippen molar-refractivity contribution < 1.29 is 9.94 Å². The van der Waals surface area contributed by atoms with Crippen LogP contribution in [0.3, 0.4) is 0 Å². The van der Waals surface area contributed by atoms with Gasteiger partial charge >= 0.3 is 0 Å². The van der Waals surface area contributed by atoms with Crippen LogP contribution in [0.2, 0.25) is 0 Å². The first kappa shape index (κ1) is 13.6. The molecular formula is C15H14BrNO2. The Morgan fingerprint density at radius 2 is 2.05 bits per heavy atom. The van der Waals surface area contributed by atoms with Crippen LogP contribution >= 0.6 is 15.9 Å². The summed E-state index contributed by atoms with van der Waals surface area (Å²) in [5, 5.41) is 11.5. The van der Waals surface area contributed by atoms with Gasteiger partial charge in [-0.25, -0.2) is 0 Å². The predicted octanol–water partition coefficient (Wildman–Crippen LogP) is 4.14. The van der Waals surface area contributed by atoms with E-state index in [1.165, 1.54) is 11.8 Å². The number of aryl methyl sites for hydroxylation is 1. The summed E-state index contributed by atoms with van der Waals surface area (Å²) in [6, 6.07) is 13.6. The molecule has 2 rings (SSSR count). The van der Waals surface area contributed by atoms with Crippen LogP contribution in [0, 0.1) is 6.92 Å². The minimum Gasteiger partial charge on any atom is -0.488 e. The molecule has 2 aromatic rings. The fourth-order valence-corrected chi connectivity index (χ4v) is 2.22. The molecule has 0 amide bonds. The number of hydrogen-bond donors (Lipinski definition) is 1. The largest absolute Gasteiger partial charge is 0.488 e. The van der Waals surface area contributed by atoms with Crippen molar-refractivity contribution in [3.05, 3.63) is 63.6 Å². The molecule has 0 radical (unpaired) electrons. The molecule has 0 heterocycles. The molecule has 0 aliphatic heterocycles. The molecule has 0 saturated carbocycles. The molecule has 0 fully saturated rings. The highest BCUT2D eigenvalue weighted by atomic mass is 79.9.